The van der Waals surface area contributed by atoms with Gasteiger partial charge in [-0.2, -0.15) is 0 Å². The van der Waals surface area contributed by atoms with Gasteiger partial charge in [-0.05, 0) is 43.9 Å². The number of nitrogens with one attached hydrogen (secondary N) is 2. The number of likely N-dealkylation sites (N-methyl/N-ethyl adjacent to an activating group) is 1. The maximum atomic E-state index is 13.6. The molecule has 0 aliphatic heterocycles. The van der Waals surface area contributed by atoms with Gasteiger partial charge in [0.25, 0.3) is 11.8 Å². The van der Waals surface area contributed by atoms with Crippen molar-refractivity contribution in [3.05, 3.63) is 71.0 Å². The van der Waals surface area contributed by atoms with Crippen LogP contribution in [0.4, 0.5) is 4.39 Å². The molecule has 6 heteroatoms. The summed E-state index contributed by atoms with van der Waals surface area (Å²) < 4.78 is 13.6. The third-order valence-electron chi connectivity index (χ3n) is 3.63. The Hall–Kier alpha value is -2.73. The Kier molecular flexibility index (Phi) is 6.65. The number of nitrogens with zero attached hydrogens (tertiary/aromatic N) is 1. The average molecular weight is 343 g/mol. The van der Waals surface area contributed by atoms with Crippen LogP contribution in [-0.4, -0.2) is 43.9 Å². The SMILES string of the molecule is CN(C)CCNC(=O)c1ccc(CNC(=O)c2ccccc2F)cc1. The maximum absolute atomic E-state index is 13.6. The van der Waals surface area contributed by atoms with Gasteiger partial charge in [-0.1, -0.05) is 24.3 Å². The van der Waals surface area contributed by atoms with Crippen molar-refractivity contribution >= 4 is 11.8 Å². The van der Waals surface area contributed by atoms with Gasteiger partial charge in [-0.25, -0.2) is 4.39 Å². The van der Waals surface area contributed by atoms with E-state index in [-0.39, 0.29) is 18.0 Å². The first kappa shape index (κ1) is 18.6. The summed E-state index contributed by atoms with van der Waals surface area (Å²) in [5, 5.41) is 5.50. The minimum absolute atomic E-state index is 0.0133. The van der Waals surface area contributed by atoms with Gasteiger partial charge in [0.2, 0.25) is 0 Å². The van der Waals surface area contributed by atoms with Crippen molar-refractivity contribution in [2.45, 2.75) is 6.54 Å². The summed E-state index contributed by atoms with van der Waals surface area (Å²) in [5.41, 5.74) is 1.40. The highest BCUT2D eigenvalue weighted by Gasteiger charge is 2.10. The Balaban J connectivity index is 1.87. The second-order valence-corrected chi connectivity index (χ2v) is 5.92. The fraction of sp³-hybridized carbons (Fsp3) is 0.263. The van der Waals surface area contributed by atoms with Crippen LogP contribution in [0, 0.1) is 5.82 Å². The first-order valence-electron chi connectivity index (χ1n) is 8.02. The fourth-order valence-corrected chi connectivity index (χ4v) is 2.19. The Morgan fingerprint density at radius 3 is 2.28 bits per heavy atom. The fourth-order valence-electron chi connectivity index (χ4n) is 2.19. The summed E-state index contributed by atoms with van der Waals surface area (Å²) in [6.07, 6.45) is 0. The van der Waals surface area contributed by atoms with Crippen molar-refractivity contribution in [3.63, 3.8) is 0 Å². The number of carbonyl (C=O) groups excluding carboxylic acids is 2. The zero-order valence-electron chi connectivity index (χ0n) is 14.4. The number of amides is 2. The molecule has 0 fully saturated rings. The van der Waals surface area contributed by atoms with Crippen molar-refractivity contribution < 1.29 is 14.0 Å². The normalized spacial score (nSPS) is 10.6. The van der Waals surface area contributed by atoms with E-state index in [1.807, 2.05) is 19.0 Å². The lowest BCUT2D eigenvalue weighted by atomic mass is 10.1. The van der Waals surface area contributed by atoms with E-state index in [2.05, 4.69) is 10.6 Å². The first-order valence-corrected chi connectivity index (χ1v) is 8.02. The van der Waals surface area contributed by atoms with Gasteiger partial charge >= 0.3 is 0 Å². The summed E-state index contributed by atoms with van der Waals surface area (Å²) >= 11 is 0. The van der Waals surface area contributed by atoms with Crippen LogP contribution in [0.2, 0.25) is 0 Å². The number of benzene rings is 2. The lowest BCUT2D eigenvalue weighted by Gasteiger charge is -2.11. The predicted octanol–water partition coefficient (Wildman–Crippen LogP) is 2.05. The van der Waals surface area contributed by atoms with Crippen LogP contribution < -0.4 is 10.6 Å². The zero-order chi connectivity index (χ0) is 18.2. The Labute approximate surface area is 146 Å². The second kappa shape index (κ2) is 8.94. The van der Waals surface area contributed by atoms with E-state index >= 15 is 0 Å². The third kappa shape index (κ3) is 5.69. The van der Waals surface area contributed by atoms with E-state index in [9.17, 15) is 14.0 Å². The molecule has 2 aromatic rings. The lowest BCUT2D eigenvalue weighted by molar-refractivity contribution is 0.0939. The van der Waals surface area contributed by atoms with Crippen molar-refractivity contribution in [2.24, 2.45) is 0 Å². The van der Waals surface area contributed by atoms with E-state index in [0.29, 0.717) is 12.1 Å². The van der Waals surface area contributed by atoms with Crippen LogP contribution in [0.25, 0.3) is 0 Å². The molecule has 132 valence electrons. The largest absolute Gasteiger partial charge is 0.351 e. The molecule has 2 rings (SSSR count). The van der Waals surface area contributed by atoms with Crippen LogP contribution in [0.5, 0.6) is 0 Å². The van der Waals surface area contributed by atoms with E-state index in [1.54, 1.807) is 30.3 Å². The molecule has 0 spiro atoms. The first-order chi connectivity index (χ1) is 12.0. The molecule has 5 nitrogen and oxygen atoms in total. The molecule has 0 atom stereocenters. The number of carbonyl (C=O) groups is 2. The van der Waals surface area contributed by atoms with Gasteiger partial charge in [0, 0.05) is 25.2 Å². The highest BCUT2D eigenvalue weighted by molar-refractivity contribution is 5.95. The highest BCUT2D eigenvalue weighted by Crippen LogP contribution is 2.08. The van der Waals surface area contributed by atoms with Crippen molar-refractivity contribution in [2.75, 3.05) is 27.2 Å². The lowest BCUT2D eigenvalue weighted by Crippen LogP contribution is -2.31. The molecule has 0 bridgehead atoms. The van der Waals surface area contributed by atoms with Gasteiger partial charge in [0.15, 0.2) is 0 Å². The minimum Gasteiger partial charge on any atom is -0.351 e. The van der Waals surface area contributed by atoms with Crippen molar-refractivity contribution in [3.8, 4) is 0 Å². The monoisotopic (exact) mass is 343 g/mol. The molecular weight excluding hydrogens is 321 g/mol. The van der Waals surface area contributed by atoms with E-state index in [0.717, 1.165) is 12.1 Å². The molecule has 2 aromatic carbocycles. The predicted molar refractivity (Wildman–Crippen MR) is 94.9 cm³/mol. The summed E-state index contributed by atoms with van der Waals surface area (Å²) in [4.78, 5) is 25.9. The van der Waals surface area contributed by atoms with Crippen LogP contribution in [0.3, 0.4) is 0 Å². The third-order valence-corrected chi connectivity index (χ3v) is 3.63. The number of rotatable bonds is 7. The van der Waals surface area contributed by atoms with Gasteiger partial charge in [-0.3, -0.25) is 9.59 Å². The van der Waals surface area contributed by atoms with Gasteiger partial charge < -0.3 is 15.5 Å². The minimum atomic E-state index is -0.551. The standard InChI is InChI=1S/C19H22FN3O2/c1-23(2)12-11-21-18(24)15-9-7-14(8-10-15)13-22-19(25)16-5-3-4-6-17(16)20/h3-10H,11-13H2,1-2H3,(H,21,24)(H,22,25). The average Bonchev–Trinajstić information content (AvgIpc) is 2.60. The molecule has 0 aliphatic rings. The van der Waals surface area contributed by atoms with Crippen molar-refractivity contribution in [1.82, 2.24) is 15.5 Å². The zero-order valence-corrected chi connectivity index (χ0v) is 14.4. The maximum Gasteiger partial charge on any atom is 0.254 e. The van der Waals surface area contributed by atoms with E-state index < -0.39 is 11.7 Å². The topological polar surface area (TPSA) is 61.4 Å². The van der Waals surface area contributed by atoms with Crippen LogP contribution >= 0.6 is 0 Å². The van der Waals surface area contributed by atoms with E-state index in [4.69, 9.17) is 0 Å². The summed E-state index contributed by atoms with van der Waals surface area (Å²) in [7, 11) is 3.88. The molecule has 0 aliphatic carbocycles. The smallest absolute Gasteiger partial charge is 0.254 e. The molecular formula is C19H22FN3O2. The summed E-state index contributed by atoms with van der Waals surface area (Å²) in [5.74, 6) is -1.16. The molecule has 0 saturated carbocycles. The Morgan fingerprint density at radius 1 is 0.960 bits per heavy atom. The van der Waals surface area contributed by atoms with E-state index in [1.165, 1.54) is 18.2 Å². The van der Waals surface area contributed by atoms with Crippen LogP contribution in [-0.2, 0) is 6.54 Å². The molecule has 0 saturated heterocycles. The quantitative estimate of drug-likeness (QED) is 0.809. The van der Waals surface area contributed by atoms with Crippen LogP contribution in [0.1, 0.15) is 26.3 Å². The molecule has 0 heterocycles. The van der Waals surface area contributed by atoms with Gasteiger partial charge in [0.1, 0.15) is 5.82 Å². The van der Waals surface area contributed by atoms with Crippen molar-refractivity contribution in [1.29, 1.82) is 0 Å². The molecule has 25 heavy (non-hydrogen) atoms. The second-order valence-electron chi connectivity index (χ2n) is 5.92. The number of halogens is 1. The highest BCUT2D eigenvalue weighted by atomic mass is 19.1. The number of hydrogen-bond donors (Lipinski definition) is 2. The van der Waals surface area contributed by atoms with Gasteiger partial charge in [-0.15, -0.1) is 0 Å². The molecule has 2 amide bonds. The summed E-state index contributed by atoms with van der Waals surface area (Å²) in [6, 6.07) is 12.8. The van der Waals surface area contributed by atoms with Gasteiger partial charge in [0.05, 0.1) is 5.56 Å². The summed E-state index contributed by atoms with van der Waals surface area (Å²) in [6.45, 7) is 1.61. The molecule has 0 aromatic heterocycles. The Morgan fingerprint density at radius 2 is 1.64 bits per heavy atom. The molecule has 2 N–H and O–H groups in total. The Bertz CT molecular complexity index is 730. The molecule has 0 radical (unpaired) electrons. The number of hydrogen-bond acceptors (Lipinski definition) is 3. The van der Waals surface area contributed by atoms with Crippen LogP contribution in [0.15, 0.2) is 48.5 Å². The molecule has 0 unspecified atom stereocenters.